The van der Waals surface area contributed by atoms with Crippen LogP contribution < -0.4 is 10.2 Å². The lowest BCUT2D eigenvalue weighted by molar-refractivity contribution is -0.119. The quantitative estimate of drug-likeness (QED) is 0.888. The van der Waals surface area contributed by atoms with E-state index in [1.165, 1.54) is 0 Å². The lowest BCUT2D eigenvalue weighted by Crippen LogP contribution is -2.39. The zero-order valence-electron chi connectivity index (χ0n) is 15.7. The number of benzene rings is 1. The van der Waals surface area contributed by atoms with Gasteiger partial charge in [0.2, 0.25) is 5.91 Å². The van der Waals surface area contributed by atoms with Crippen molar-refractivity contribution in [3.05, 3.63) is 48.2 Å². The second-order valence-electron chi connectivity index (χ2n) is 7.57. The van der Waals surface area contributed by atoms with E-state index in [1.807, 2.05) is 18.2 Å². The van der Waals surface area contributed by atoms with Crippen molar-refractivity contribution in [2.45, 2.75) is 19.8 Å². The van der Waals surface area contributed by atoms with Crippen LogP contribution in [0, 0.1) is 11.8 Å². The number of piperidine rings is 1. The number of amides is 2. The van der Waals surface area contributed by atoms with Crippen molar-refractivity contribution in [2.24, 2.45) is 11.8 Å². The molecular weight excluding hydrogens is 340 g/mol. The molecule has 0 spiro atoms. The van der Waals surface area contributed by atoms with Crippen LogP contribution in [0.2, 0.25) is 0 Å². The fourth-order valence-electron chi connectivity index (χ4n) is 4.11. The van der Waals surface area contributed by atoms with Gasteiger partial charge >= 0.3 is 0 Å². The van der Waals surface area contributed by atoms with Crippen molar-refractivity contribution in [1.82, 2.24) is 9.88 Å². The van der Waals surface area contributed by atoms with E-state index in [4.69, 9.17) is 0 Å². The molecule has 0 saturated carbocycles. The Hall–Kier alpha value is -2.73. The molecule has 2 atom stereocenters. The molecule has 2 amide bonds. The summed E-state index contributed by atoms with van der Waals surface area (Å²) in [6.45, 7) is 4.22. The normalized spacial score (nSPS) is 22.4. The molecule has 6 nitrogen and oxygen atoms in total. The second-order valence-corrected chi connectivity index (χ2v) is 7.57. The maximum absolute atomic E-state index is 13.4. The molecule has 1 N–H and O–H groups in total. The molecule has 1 fully saturated rings. The van der Waals surface area contributed by atoms with Gasteiger partial charge in [-0.05, 0) is 56.1 Å². The zero-order valence-corrected chi connectivity index (χ0v) is 15.7. The van der Waals surface area contributed by atoms with E-state index in [2.05, 4.69) is 29.2 Å². The lowest BCUT2D eigenvalue weighted by Gasteiger charge is -2.35. The topological polar surface area (TPSA) is 65.5 Å². The molecule has 0 bridgehead atoms. The summed E-state index contributed by atoms with van der Waals surface area (Å²) in [6.07, 6.45) is 3.11. The van der Waals surface area contributed by atoms with E-state index in [9.17, 15) is 9.59 Å². The summed E-state index contributed by atoms with van der Waals surface area (Å²) in [6, 6.07) is 10.8. The van der Waals surface area contributed by atoms with Crippen molar-refractivity contribution in [1.29, 1.82) is 0 Å². The van der Waals surface area contributed by atoms with Crippen molar-refractivity contribution >= 4 is 29.0 Å². The Balaban J connectivity index is 1.71. The highest BCUT2D eigenvalue weighted by atomic mass is 16.2. The van der Waals surface area contributed by atoms with Crippen molar-refractivity contribution < 1.29 is 9.59 Å². The summed E-state index contributed by atoms with van der Waals surface area (Å²) < 4.78 is 0. The molecule has 1 saturated heterocycles. The van der Waals surface area contributed by atoms with Crippen LogP contribution >= 0.6 is 0 Å². The van der Waals surface area contributed by atoms with E-state index >= 15 is 0 Å². The molecule has 0 aliphatic carbocycles. The fraction of sp³-hybridized carbons (Fsp3) is 0.381. The highest BCUT2D eigenvalue weighted by molar-refractivity contribution is 6.17. The summed E-state index contributed by atoms with van der Waals surface area (Å²) in [4.78, 5) is 34.4. The number of hydrogen-bond acceptors (Lipinski definition) is 4. The Kier molecular flexibility index (Phi) is 4.66. The maximum Gasteiger partial charge on any atom is 0.257 e. The number of rotatable bonds is 2. The SMILES string of the molecule is C[C@@H]1CN(C)CC[C@H]1CC(=O)N1c2ccccc2C(=O)Nc2cccnc21. The highest BCUT2D eigenvalue weighted by Gasteiger charge is 2.33. The van der Waals surface area contributed by atoms with E-state index in [-0.39, 0.29) is 11.8 Å². The van der Waals surface area contributed by atoms with E-state index in [1.54, 1.807) is 29.3 Å². The van der Waals surface area contributed by atoms with Crippen LogP contribution in [-0.4, -0.2) is 41.8 Å². The Morgan fingerprint density at radius 1 is 1.26 bits per heavy atom. The van der Waals surface area contributed by atoms with Gasteiger partial charge in [0, 0.05) is 19.2 Å². The number of carbonyl (C=O) groups excluding carboxylic acids is 2. The summed E-state index contributed by atoms with van der Waals surface area (Å²) in [5.41, 5.74) is 1.64. The fourth-order valence-corrected chi connectivity index (χ4v) is 4.11. The average Bonchev–Trinajstić information content (AvgIpc) is 2.78. The number of hydrogen-bond donors (Lipinski definition) is 1. The summed E-state index contributed by atoms with van der Waals surface area (Å²) in [5, 5.41) is 2.88. The average molecular weight is 364 g/mol. The van der Waals surface area contributed by atoms with Gasteiger partial charge in [-0.1, -0.05) is 19.1 Å². The Bertz CT molecular complexity index is 882. The lowest BCUT2D eigenvalue weighted by atomic mass is 9.84. The van der Waals surface area contributed by atoms with Gasteiger partial charge in [-0.25, -0.2) is 4.98 Å². The molecule has 27 heavy (non-hydrogen) atoms. The number of fused-ring (bicyclic) bond motifs is 2. The predicted octanol–water partition coefficient (Wildman–Crippen LogP) is 3.29. The number of pyridine rings is 1. The molecule has 2 aromatic rings. The summed E-state index contributed by atoms with van der Waals surface area (Å²) >= 11 is 0. The maximum atomic E-state index is 13.4. The van der Waals surface area contributed by atoms with Crippen molar-refractivity contribution in [3.63, 3.8) is 0 Å². The van der Waals surface area contributed by atoms with Gasteiger partial charge in [0.1, 0.15) is 0 Å². The van der Waals surface area contributed by atoms with Crippen LogP contribution in [0.5, 0.6) is 0 Å². The van der Waals surface area contributed by atoms with Gasteiger partial charge < -0.3 is 10.2 Å². The first-order valence-corrected chi connectivity index (χ1v) is 9.41. The number of nitrogens with zero attached hydrogens (tertiary/aromatic N) is 3. The zero-order chi connectivity index (χ0) is 19.0. The number of nitrogens with one attached hydrogen (secondary N) is 1. The molecular formula is C21H24N4O2. The molecule has 1 aromatic carbocycles. The Morgan fingerprint density at radius 3 is 2.89 bits per heavy atom. The largest absolute Gasteiger partial charge is 0.319 e. The highest BCUT2D eigenvalue weighted by Crippen LogP contribution is 2.38. The third kappa shape index (κ3) is 3.32. The molecule has 0 unspecified atom stereocenters. The first-order chi connectivity index (χ1) is 13.0. The van der Waals surface area contributed by atoms with Crippen LogP contribution in [0.3, 0.4) is 0 Å². The second kappa shape index (κ2) is 7.12. The standard InChI is InChI=1S/C21H24N4O2/c1-14-13-24(2)11-9-15(14)12-19(26)25-18-8-4-3-6-16(18)21(27)23-17-7-5-10-22-20(17)25/h3-8,10,14-15H,9,11-13H2,1-2H3,(H,23,27)/t14-,15+/m1/s1. The van der Waals surface area contributed by atoms with Crippen LogP contribution in [0.15, 0.2) is 42.6 Å². The van der Waals surface area contributed by atoms with Gasteiger partial charge in [0.15, 0.2) is 5.82 Å². The van der Waals surface area contributed by atoms with E-state index < -0.39 is 0 Å². The predicted molar refractivity (Wildman–Crippen MR) is 105 cm³/mol. The number of anilines is 3. The third-order valence-electron chi connectivity index (χ3n) is 5.61. The molecule has 4 rings (SSSR count). The number of likely N-dealkylation sites (tertiary alicyclic amines) is 1. The molecule has 1 aromatic heterocycles. The summed E-state index contributed by atoms with van der Waals surface area (Å²) in [5.74, 6) is 1.04. The first kappa shape index (κ1) is 17.7. The minimum Gasteiger partial charge on any atom is -0.319 e. The first-order valence-electron chi connectivity index (χ1n) is 9.41. The van der Waals surface area contributed by atoms with Crippen LogP contribution in [-0.2, 0) is 4.79 Å². The monoisotopic (exact) mass is 364 g/mol. The molecule has 3 heterocycles. The minimum atomic E-state index is -0.220. The van der Waals surface area contributed by atoms with Gasteiger partial charge in [0.05, 0.1) is 16.9 Å². The van der Waals surface area contributed by atoms with Gasteiger partial charge in [-0.3, -0.25) is 14.5 Å². The Morgan fingerprint density at radius 2 is 2.07 bits per heavy atom. The molecule has 2 aliphatic heterocycles. The number of aromatic nitrogens is 1. The molecule has 140 valence electrons. The molecule has 6 heteroatoms. The minimum absolute atomic E-state index is 0.0136. The van der Waals surface area contributed by atoms with Crippen molar-refractivity contribution in [2.75, 3.05) is 30.4 Å². The van der Waals surface area contributed by atoms with Crippen LogP contribution in [0.4, 0.5) is 17.2 Å². The van der Waals surface area contributed by atoms with E-state index in [0.717, 1.165) is 19.5 Å². The van der Waals surface area contributed by atoms with Gasteiger partial charge in [0.25, 0.3) is 5.91 Å². The molecule has 0 radical (unpaired) electrons. The van der Waals surface area contributed by atoms with E-state index in [0.29, 0.717) is 41.0 Å². The van der Waals surface area contributed by atoms with Crippen LogP contribution in [0.1, 0.15) is 30.1 Å². The Labute approximate surface area is 159 Å². The van der Waals surface area contributed by atoms with Crippen molar-refractivity contribution in [3.8, 4) is 0 Å². The number of para-hydroxylation sites is 1. The number of carbonyl (C=O) groups is 2. The van der Waals surface area contributed by atoms with Gasteiger partial charge in [-0.15, -0.1) is 0 Å². The molecule has 2 aliphatic rings. The smallest absolute Gasteiger partial charge is 0.257 e. The van der Waals surface area contributed by atoms with Gasteiger partial charge in [-0.2, -0.15) is 0 Å². The summed E-state index contributed by atoms with van der Waals surface area (Å²) in [7, 11) is 2.12. The third-order valence-corrected chi connectivity index (χ3v) is 5.61. The van der Waals surface area contributed by atoms with Crippen LogP contribution in [0.25, 0.3) is 0 Å².